The minimum Gasteiger partial charge on any atom is -0.314 e. The van der Waals surface area contributed by atoms with Crippen LogP contribution >= 0.6 is 0 Å². The van der Waals surface area contributed by atoms with Crippen LogP contribution in [0.3, 0.4) is 0 Å². The summed E-state index contributed by atoms with van der Waals surface area (Å²) in [5.74, 6) is 1.80. The molecule has 0 amide bonds. The summed E-state index contributed by atoms with van der Waals surface area (Å²) in [4.78, 5) is 2.55. The summed E-state index contributed by atoms with van der Waals surface area (Å²) in [5, 5.41) is 3.72. The van der Waals surface area contributed by atoms with E-state index in [4.69, 9.17) is 0 Å². The highest BCUT2D eigenvalue weighted by Gasteiger charge is 2.30. The van der Waals surface area contributed by atoms with E-state index in [1.807, 2.05) is 0 Å². The molecule has 0 spiro atoms. The van der Waals surface area contributed by atoms with Gasteiger partial charge in [0, 0.05) is 19.1 Å². The van der Waals surface area contributed by atoms with Crippen molar-refractivity contribution in [3.05, 3.63) is 0 Å². The molecular weight excluding hydrogens is 232 g/mol. The van der Waals surface area contributed by atoms with E-state index in [0.717, 1.165) is 24.4 Å². The Labute approximate surface area is 121 Å². The van der Waals surface area contributed by atoms with Crippen molar-refractivity contribution in [2.75, 3.05) is 26.7 Å². The molecule has 3 atom stereocenters. The highest BCUT2D eigenvalue weighted by Crippen LogP contribution is 2.32. The molecule has 0 saturated heterocycles. The average Bonchev–Trinajstić information content (AvgIpc) is 2.29. The van der Waals surface area contributed by atoms with Gasteiger partial charge in [-0.05, 0) is 50.1 Å². The van der Waals surface area contributed by atoms with Crippen LogP contribution in [0.2, 0.25) is 0 Å². The third-order valence-electron chi connectivity index (χ3n) is 4.43. The predicted octanol–water partition coefficient (Wildman–Crippen LogP) is 3.77. The maximum absolute atomic E-state index is 3.72. The zero-order chi connectivity index (χ0) is 14.5. The van der Waals surface area contributed by atoms with Crippen LogP contribution in [0, 0.1) is 17.3 Å². The van der Waals surface area contributed by atoms with E-state index in [-0.39, 0.29) is 0 Å². The maximum atomic E-state index is 3.72. The standard InChI is InChI=1S/C17H36N2/c1-7-14-9-10-16(18-8-2)15(11-14)12-19(6)13-17(3,4)5/h14-16,18H,7-13H2,1-6H3. The number of nitrogens with one attached hydrogen (secondary N) is 1. The zero-order valence-electron chi connectivity index (χ0n) is 14.1. The Kier molecular flexibility index (Phi) is 6.82. The Balaban J connectivity index is 2.53. The van der Waals surface area contributed by atoms with Crippen molar-refractivity contribution >= 4 is 0 Å². The smallest absolute Gasteiger partial charge is 0.0108 e. The van der Waals surface area contributed by atoms with Gasteiger partial charge >= 0.3 is 0 Å². The van der Waals surface area contributed by atoms with Gasteiger partial charge in [-0.2, -0.15) is 0 Å². The number of hydrogen-bond donors (Lipinski definition) is 1. The number of nitrogens with zero attached hydrogens (tertiary/aromatic N) is 1. The molecule has 0 radical (unpaired) electrons. The van der Waals surface area contributed by atoms with E-state index in [1.165, 1.54) is 38.8 Å². The molecule has 1 rings (SSSR count). The molecule has 3 unspecified atom stereocenters. The molecule has 1 aliphatic rings. The van der Waals surface area contributed by atoms with E-state index in [9.17, 15) is 0 Å². The predicted molar refractivity (Wildman–Crippen MR) is 85.5 cm³/mol. The van der Waals surface area contributed by atoms with Crippen molar-refractivity contribution < 1.29 is 0 Å². The van der Waals surface area contributed by atoms with Crippen molar-refractivity contribution in [3.8, 4) is 0 Å². The fraction of sp³-hybridized carbons (Fsp3) is 1.00. The third kappa shape index (κ3) is 6.27. The molecule has 0 aromatic heterocycles. The lowest BCUT2D eigenvalue weighted by molar-refractivity contribution is 0.131. The molecule has 19 heavy (non-hydrogen) atoms. The maximum Gasteiger partial charge on any atom is 0.0108 e. The minimum atomic E-state index is 0.404. The second kappa shape index (κ2) is 7.64. The van der Waals surface area contributed by atoms with Gasteiger partial charge < -0.3 is 10.2 Å². The van der Waals surface area contributed by atoms with E-state index >= 15 is 0 Å². The molecule has 1 aliphatic carbocycles. The van der Waals surface area contributed by atoms with Gasteiger partial charge in [-0.25, -0.2) is 0 Å². The fourth-order valence-corrected chi connectivity index (χ4v) is 3.74. The van der Waals surface area contributed by atoms with Crippen molar-refractivity contribution in [2.24, 2.45) is 17.3 Å². The first-order valence-corrected chi connectivity index (χ1v) is 8.27. The van der Waals surface area contributed by atoms with Gasteiger partial charge in [-0.1, -0.05) is 41.0 Å². The minimum absolute atomic E-state index is 0.404. The molecule has 0 aliphatic heterocycles. The second-order valence-corrected chi connectivity index (χ2v) is 7.77. The highest BCUT2D eigenvalue weighted by molar-refractivity contribution is 4.86. The summed E-state index contributed by atoms with van der Waals surface area (Å²) in [6.07, 6.45) is 5.58. The molecule has 1 saturated carbocycles. The SMILES string of the molecule is CCNC1CCC(CC)CC1CN(C)CC(C)(C)C. The molecule has 2 nitrogen and oxygen atoms in total. The lowest BCUT2D eigenvalue weighted by Gasteiger charge is -2.39. The Bertz CT molecular complexity index is 244. The monoisotopic (exact) mass is 268 g/mol. The first kappa shape index (κ1) is 17.0. The van der Waals surface area contributed by atoms with E-state index in [1.54, 1.807) is 0 Å². The van der Waals surface area contributed by atoms with Crippen molar-refractivity contribution in [3.63, 3.8) is 0 Å². The van der Waals surface area contributed by atoms with E-state index in [0.29, 0.717) is 5.41 Å². The molecule has 0 bridgehead atoms. The molecule has 0 aromatic carbocycles. The Morgan fingerprint density at radius 3 is 2.37 bits per heavy atom. The van der Waals surface area contributed by atoms with Crippen LogP contribution in [-0.2, 0) is 0 Å². The van der Waals surface area contributed by atoms with Crippen LogP contribution in [0.4, 0.5) is 0 Å². The van der Waals surface area contributed by atoms with E-state index < -0.39 is 0 Å². The molecule has 2 heteroatoms. The second-order valence-electron chi connectivity index (χ2n) is 7.77. The lowest BCUT2D eigenvalue weighted by Crippen LogP contribution is -2.46. The van der Waals surface area contributed by atoms with Crippen molar-refractivity contribution in [1.29, 1.82) is 0 Å². The van der Waals surface area contributed by atoms with Gasteiger partial charge in [-0.3, -0.25) is 0 Å². The van der Waals surface area contributed by atoms with Gasteiger partial charge in [0.1, 0.15) is 0 Å². The van der Waals surface area contributed by atoms with Gasteiger partial charge in [-0.15, -0.1) is 0 Å². The third-order valence-corrected chi connectivity index (χ3v) is 4.43. The number of hydrogen-bond acceptors (Lipinski definition) is 2. The van der Waals surface area contributed by atoms with Crippen molar-refractivity contribution in [1.82, 2.24) is 10.2 Å². The largest absolute Gasteiger partial charge is 0.314 e. The quantitative estimate of drug-likeness (QED) is 0.789. The molecule has 114 valence electrons. The number of rotatable bonds is 6. The summed E-state index contributed by atoms with van der Waals surface area (Å²) in [6.45, 7) is 15.2. The van der Waals surface area contributed by atoms with Crippen LogP contribution in [0.1, 0.15) is 60.3 Å². The normalized spacial score (nSPS) is 28.9. The molecular formula is C17H36N2. The lowest BCUT2D eigenvalue weighted by atomic mass is 9.76. The Hall–Kier alpha value is -0.0800. The molecule has 0 aromatic rings. The molecule has 1 N–H and O–H groups in total. The fourth-order valence-electron chi connectivity index (χ4n) is 3.74. The highest BCUT2D eigenvalue weighted by atomic mass is 15.1. The summed E-state index contributed by atoms with van der Waals surface area (Å²) < 4.78 is 0. The average molecular weight is 268 g/mol. The zero-order valence-corrected chi connectivity index (χ0v) is 14.1. The molecule has 1 fully saturated rings. The summed E-state index contributed by atoms with van der Waals surface area (Å²) in [6, 6.07) is 0.746. The first-order chi connectivity index (χ1) is 8.85. The summed E-state index contributed by atoms with van der Waals surface area (Å²) in [5.41, 5.74) is 0.404. The molecule has 0 heterocycles. The van der Waals surface area contributed by atoms with Crippen LogP contribution in [0.25, 0.3) is 0 Å². The Morgan fingerprint density at radius 1 is 1.16 bits per heavy atom. The van der Waals surface area contributed by atoms with Gasteiger partial charge in [0.05, 0.1) is 0 Å². The van der Waals surface area contributed by atoms with Gasteiger partial charge in [0.25, 0.3) is 0 Å². The Morgan fingerprint density at radius 2 is 1.84 bits per heavy atom. The van der Waals surface area contributed by atoms with Gasteiger partial charge in [0.15, 0.2) is 0 Å². The van der Waals surface area contributed by atoms with Crippen LogP contribution in [-0.4, -0.2) is 37.6 Å². The van der Waals surface area contributed by atoms with E-state index in [2.05, 4.69) is 51.9 Å². The van der Waals surface area contributed by atoms with Crippen molar-refractivity contribution in [2.45, 2.75) is 66.3 Å². The summed E-state index contributed by atoms with van der Waals surface area (Å²) in [7, 11) is 2.30. The topological polar surface area (TPSA) is 15.3 Å². The van der Waals surface area contributed by atoms with Crippen LogP contribution in [0.15, 0.2) is 0 Å². The first-order valence-electron chi connectivity index (χ1n) is 8.27. The van der Waals surface area contributed by atoms with Crippen LogP contribution < -0.4 is 5.32 Å². The van der Waals surface area contributed by atoms with Crippen LogP contribution in [0.5, 0.6) is 0 Å². The summed E-state index contributed by atoms with van der Waals surface area (Å²) >= 11 is 0. The van der Waals surface area contributed by atoms with Gasteiger partial charge in [0.2, 0.25) is 0 Å².